The van der Waals surface area contributed by atoms with Gasteiger partial charge in [-0.15, -0.1) is 4.73 Å². The SMILES string of the molecule is CCNC(=O)c1c(O)c2ccccc2n(OCCC(F)(F)F)c1=O. The summed E-state index contributed by atoms with van der Waals surface area (Å²) in [6.07, 6.45) is -5.70. The lowest BCUT2D eigenvalue weighted by atomic mass is 10.1. The fraction of sp³-hybridized carbons (Fsp3) is 0.333. The van der Waals surface area contributed by atoms with Crippen molar-refractivity contribution in [3.63, 3.8) is 0 Å². The highest BCUT2D eigenvalue weighted by Crippen LogP contribution is 2.26. The van der Waals surface area contributed by atoms with Crippen molar-refractivity contribution in [1.29, 1.82) is 0 Å². The van der Waals surface area contributed by atoms with Crippen molar-refractivity contribution in [2.75, 3.05) is 13.2 Å². The maximum Gasteiger partial charge on any atom is 0.392 e. The minimum atomic E-state index is -4.45. The molecule has 0 bridgehead atoms. The number of para-hydroxylation sites is 1. The molecule has 2 aromatic rings. The van der Waals surface area contributed by atoms with Crippen molar-refractivity contribution in [2.24, 2.45) is 0 Å². The molecule has 0 aliphatic heterocycles. The standard InChI is InChI=1S/C15H15F3N2O4/c1-2-19-13(22)11-12(21)9-5-3-4-6-10(9)20(14(11)23)24-8-7-15(16,17)18/h3-6,21H,2,7-8H2,1H3,(H,19,22). The third-order valence-corrected chi connectivity index (χ3v) is 3.18. The van der Waals surface area contributed by atoms with E-state index in [9.17, 15) is 27.9 Å². The first kappa shape index (κ1) is 17.6. The summed E-state index contributed by atoms with van der Waals surface area (Å²) in [6, 6.07) is 5.90. The van der Waals surface area contributed by atoms with E-state index in [2.05, 4.69) is 5.32 Å². The summed E-state index contributed by atoms with van der Waals surface area (Å²) < 4.78 is 37.4. The smallest absolute Gasteiger partial charge is 0.392 e. The Balaban J connectivity index is 2.56. The number of aromatic nitrogens is 1. The number of rotatable bonds is 5. The molecule has 2 rings (SSSR count). The summed E-state index contributed by atoms with van der Waals surface area (Å²) in [5.41, 5.74) is -1.54. The molecule has 9 heteroatoms. The molecule has 0 unspecified atom stereocenters. The number of carbonyl (C=O) groups is 1. The molecule has 0 spiro atoms. The van der Waals surface area contributed by atoms with Crippen LogP contribution in [0.25, 0.3) is 10.9 Å². The average Bonchev–Trinajstić information content (AvgIpc) is 2.50. The molecular formula is C15H15F3N2O4. The highest BCUT2D eigenvalue weighted by atomic mass is 19.4. The van der Waals surface area contributed by atoms with Crippen LogP contribution < -0.4 is 15.7 Å². The number of alkyl halides is 3. The maximum absolute atomic E-state index is 12.4. The number of nitrogens with one attached hydrogen (secondary N) is 1. The molecule has 24 heavy (non-hydrogen) atoms. The van der Waals surface area contributed by atoms with Gasteiger partial charge in [-0.3, -0.25) is 9.59 Å². The minimum Gasteiger partial charge on any atom is -0.506 e. The van der Waals surface area contributed by atoms with E-state index in [1.807, 2.05) is 0 Å². The fourth-order valence-corrected chi connectivity index (χ4v) is 2.13. The lowest BCUT2D eigenvalue weighted by Crippen LogP contribution is -2.36. The Morgan fingerprint density at radius 3 is 2.62 bits per heavy atom. The predicted octanol–water partition coefficient (Wildman–Crippen LogP) is 1.84. The Labute approximate surface area is 134 Å². The van der Waals surface area contributed by atoms with Crippen molar-refractivity contribution in [2.45, 2.75) is 19.5 Å². The van der Waals surface area contributed by atoms with E-state index in [1.54, 1.807) is 13.0 Å². The van der Waals surface area contributed by atoms with Gasteiger partial charge in [-0.05, 0) is 19.1 Å². The van der Waals surface area contributed by atoms with Crippen molar-refractivity contribution in [1.82, 2.24) is 10.0 Å². The van der Waals surface area contributed by atoms with Crippen LogP contribution in [0.2, 0.25) is 0 Å². The zero-order chi connectivity index (χ0) is 17.9. The molecule has 6 nitrogen and oxygen atoms in total. The van der Waals surface area contributed by atoms with Crippen molar-refractivity contribution in [3.05, 3.63) is 40.2 Å². The van der Waals surface area contributed by atoms with Gasteiger partial charge in [0.25, 0.3) is 11.5 Å². The van der Waals surface area contributed by atoms with Crippen molar-refractivity contribution >= 4 is 16.8 Å². The number of aromatic hydroxyl groups is 1. The van der Waals surface area contributed by atoms with Gasteiger partial charge < -0.3 is 15.3 Å². The summed E-state index contributed by atoms with van der Waals surface area (Å²) in [5, 5.41) is 12.7. The van der Waals surface area contributed by atoms with Crippen LogP contribution in [0.3, 0.4) is 0 Å². The summed E-state index contributed by atoms with van der Waals surface area (Å²) in [7, 11) is 0. The number of benzene rings is 1. The second kappa shape index (κ2) is 6.81. The van der Waals surface area contributed by atoms with Gasteiger partial charge in [-0.1, -0.05) is 12.1 Å². The molecule has 1 heterocycles. The van der Waals surface area contributed by atoms with E-state index < -0.39 is 42.0 Å². The molecule has 2 N–H and O–H groups in total. The first-order valence-electron chi connectivity index (χ1n) is 7.11. The van der Waals surface area contributed by atoms with Gasteiger partial charge in [0, 0.05) is 11.9 Å². The van der Waals surface area contributed by atoms with Gasteiger partial charge in [-0.2, -0.15) is 13.2 Å². The van der Waals surface area contributed by atoms with E-state index in [-0.39, 0.29) is 17.4 Å². The Morgan fingerprint density at radius 2 is 2.00 bits per heavy atom. The van der Waals surface area contributed by atoms with Gasteiger partial charge in [0.05, 0.1) is 11.9 Å². The maximum atomic E-state index is 12.4. The van der Waals surface area contributed by atoms with E-state index in [1.165, 1.54) is 18.2 Å². The molecule has 0 saturated heterocycles. The van der Waals surface area contributed by atoms with Gasteiger partial charge in [-0.25, -0.2) is 0 Å². The van der Waals surface area contributed by atoms with E-state index in [0.717, 1.165) is 0 Å². The summed E-state index contributed by atoms with van der Waals surface area (Å²) in [4.78, 5) is 29.3. The number of fused-ring (bicyclic) bond motifs is 1. The molecule has 130 valence electrons. The summed E-state index contributed by atoms with van der Waals surface area (Å²) >= 11 is 0. The Kier molecular flexibility index (Phi) is 5.01. The Bertz CT molecular complexity index is 815. The number of hydrogen-bond donors (Lipinski definition) is 2. The third kappa shape index (κ3) is 3.61. The molecule has 0 saturated carbocycles. The monoisotopic (exact) mass is 344 g/mol. The topological polar surface area (TPSA) is 80.6 Å². The van der Waals surface area contributed by atoms with Crippen LogP contribution in [-0.2, 0) is 0 Å². The number of nitrogens with zero attached hydrogens (tertiary/aromatic N) is 1. The molecule has 0 radical (unpaired) electrons. The van der Waals surface area contributed by atoms with Crippen LogP contribution >= 0.6 is 0 Å². The van der Waals surface area contributed by atoms with Gasteiger partial charge >= 0.3 is 6.18 Å². The molecule has 1 amide bonds. The summed E-state index contributed by atoms with van der Waals surface area (Å²) in [5.74, 6) is -1.38. The fourth-order valence-electron chi connectivity index (χ4n) is 2.13. The van der Waals surface area contributed by atoms with E-state index >= 15 is 0 Å². The lowest BCUT2D eigenvalue weighted by Gasteiger charge is -2.15. The van der Waals surface area contributed by atoms with Gasteiger partial charge in [0.1, 0.15) is 17.9 Å². The Hall–Kier alpha value is -2.71. The van der Waals surface area contributed by atoms with Crippen LogP contribution in [0, 0.1) is 0 Å². The van der Waals surface area contributed by atoms with Crippen LogP contribution in [0.4, 0.5) is 13.2 Å². The van der Waals surface area contributed by atoms with Gasteiger partial charge in [0.15, 0.2) is 0 Å². The predicted molar refractivity (Wildman–Crippen MR) is 80.0 cm³/mol. The molecular weight excluding hydrogens is 329 g/mol. The van der Waals surface area contributed by atoms with Crippen molar-refractivity contribution < 1.29 is 27.9 Å². The molecule has 0 aliphatic carbocycles. The molecule has 0 aliphatic rings. The second-order valence-corrected chi connectivity index (χ2v) is 4.90. The van der Waals surface area contributed by atoms with Crippen LogP contribution in [-0.4, -0.2) is 35.1 Å². The first-order valence-corrected chi connectivity index (χ1v) is 7.11. The summed E-state index contributed by atoms with van der Waals surface area (Å²) in [6.45, 7) is 1.03. The lowest BCUT2D eigenvalue weighted by molar-refractivity contribution is -0.145. The average molecular weight is 344 g/mol. The molecule has 1 aromatic carbocycles. The first-order chi connectivity index (χ1) is 11.3. The molecule has 1 aromatic heterocycles. The number of carbonyl (C=O) groups excluding carboxylic acids is 1. The van der Waals surface area contributed by atoms with Crippen LogP contribution in [0.5, 0.6) is 5.75 Å². The zero-order valence-electron chi connectivity index (χ0n) is 12.7. The number of hydrogen-bond acceptors (Lipinski definition) is 4. The van der Waals surface area contributed by atoms with Gasteiger partial charge in [0.2, 0.25) is 0 Å². The highest BCUT2D eigenvalue weighted by Gasteiger charge is 2.28. The van der Waals surface area contributed by atoms with Crippen LogP contribution in [0.1, 0.15) is 23.7 Å². The Morgan fingerprint density at radius 1 is 1.33 bits per heavy atom. The molecule has 0 atom stereocenters. The highest BCUT2D eigenvalue weighted by molar-refractivity contribution is 6.02. The van der Waals surface area contributed by atoms with E-state index in [0.29, 0.717) is 4.73 Å². The van der Waals surface area contributed by atoms with E-state index in [4.69, 9.17) is 4.84 Å². The molecule has 0 fully saturated rings. The minimum absolute atomic E-state index is 0.0650. The second-order valence-electron chi connectivity index (χ2n) is 4.90. The number of amides is 1. The quantitative estimate of drug-likeness (QED) is 0.867. The normalized spacial score (nSPS) is 11.5. The largest absolute Gasteiger partial charge is 0.506 e. The zero-order valence-corrected chi connectivity index (χ0v) is 12.7. The number of halogens is 3. The third-order valence-electron chi connectivity index (χ3n) is 3.18. The number of pyridine rings is 1. The van der Waals surface area contributed by atoms with Crippen molar-refractivity contribution in [3.8, 4) is 5.75 Å². The van der Waals surface area contributed by atoms with Crippen LogP contribution in [0.15, 0.2) is 29.1 Å².